The Bertz CT molecular complexity index is 2960. The van der Waals surface area contributed by atoms with E-state index in [1.165, 1.54) is 6.92 Å². The molecule has 12 nitrogen and oxygen atoms in total. The third-order valence-electron chi connectivity index (χ3n) is 10.1. The minimum absolute atomic E-state index is 0.00783. The smallest absolute Gasteiger partial charge is 0.368 e. The van der Waals surface area contributed by atoms with Crippen LogP contribution in [0.5, 0.6) is 0 Å². The molecule has 0 fully saturated rings. The summed E-state index contributed by atoms with van der Waals surface area (Å²) in [4.78, 5) is 85.1. The molecule has 2 heterocycles. The first-order valence-electron chi connectivity index (χ1n) is 18.4. The molecule has 0 spiro atoms. The van der Waals surface area contributed by atoms with Crippen LogP contribution in [0.2, 0.25) is 0 Å². The van der Waals surface area contributed by atoms with Crippen molar-refractivity contribution in [3.8, 4) is 0 Å². The van der Waals surface area contributed by atoms with E-state index >= 15 is 0 Å². The van der Waals surface area contributed by atoms with Gasteiger partial charge in [0.25, 0.3) is 0 Å². The largest absolute Gasteiger partial charge is 0.479 e. The second-order valence-electron chi connectivity index (χ2n) is 13.9. The molecule has 0 aliphatic heterocycles. The zero-order chi connectivity index (χ0) is 42.0. The first-order chi connectivity index (χ1) is 28.4. The Morgan fingerprint density at radius 3 is 1.25 bits per heavy atom. The Balaban J connectivity index is 0.000000144. The van der Waals surface area contributed by atoms with Crippen LogP contribution in [0.15, 0.2) is 131 Å². The zero-order valence-electron chi connectivity index (χ0n) is 31.3. The van der Waals surface area contributed by atoms with Crippen molar-refractivity contribution in [3.63, 3.8) is 0 Å². The van der Waals surface area contributed by atoms with Crippen molar-refractivity contribution >= 4 is 73.4 Å². The third-order valence-corrected chi connectivity index (χ3v) is 10.1. The van der Waals surface area contributed by atoms with Gasteiger partial charge in [-0.25, -0.2) is 9.59 Å². The number of nitrogens with one attached hydrogen (secondary N) is 2. The highest BCUT2D eigenvalue weighted by Crippen LogP contribution is 2.31. The average molecular weight is 787 g/mol. The molecule has 2 aliphatic rings. The molecule has 5 N–H and O–H groups in total. The highest BCUT2D eigenvalue weighted by molar-refractivity contribution is 6.19. The number of carbonyl (C=O) groups excluding carboxylic acids is 3. The molecule has 0 bridgehead atoms. The molecular weight excluding hydrogens is 753 g/mol. The van der Waals surface area contributed by atoms with Crippen molar-refractivity contribution in [2.24, 2.45) is 0 Å². The van der Waals surface area contributed by atoms with E-state index < -0.39 is 18.0 Å². The summed E-state index contributed by atoms with van der Waals surface area (Å²) in [5.41, 5.74) is 9.80. The van der Waals surface area contributed by atoms with E-state index in [1.54, 1.807) is 0 Å². The van der Waals surface area contributed by atoms with E-state index in [0.29, 0.717) is 56.5 Å². The number of aliphatic hydroxyl groups is 1. The van der Waals surface area contributed by atoms with Crippen molar-refractivity contribution in [2.75, 3.05) is 0 Å². The molecule has 8 aromatic rings. The van der Waals surface area contributed by atoms with Gasteiger partial charge in [-0.3, -0.25) is 24.0 Å². The summed E-state index contributed by atoms with van der Waals surface area (Å²) >= 11 is 0. The minimum Gasteiger partial charge on any atom is -0.479 e. The lowest BCUT2D eigenvalue weighted by atomic mass is 9.84. The summed E-state index contributed by atoms with van der Waals surface area (Å²) in [6, 6.07) is 37.7. The van der Waals surface area contributed by atoms with Crippen LogP contribution in [0.25, 0.3) is 43.6 Å². The molecule has 12 heteroatoms. The summed E-state index contributed by atoms with van der Waals surface area (Å²) in [5.74, 6) is -2.55. The molecule has 59 heavy (non-hydrogen) atoms. The van der Waals surface area contributed by atoms with Gasteiger partial charge >= 0.3 is 11.9 Å². The lowest BCUT2D eigenvalue weighted by molar-refractivity contribution is -0.145. The monoisotopic (exact) mass is 786 g/mol. The second kappa shape index (κ2) is 16.3. The molecule has 10 rings (SSSR count). The number of benzene rings is 6. The first-order valence-corrected chi connectivity index (χ1v) is 18.4. The number of fused-ring (bicyclic) bond motifs is 8. The summed E-state index contributed by atoms with van der Waals surface area (Å²) in [6.07, 6.45) is -0.0381. The van der Waals surface area contributed by atoms with E-state index in [9.17, 15) is 24.0 Å². The van der Waals surface area contributed by atoms with Gasteiger partial charge in [-0.15, -0.1) is 0 Å². The number of rotatable bonds is 2. The lowest BCUT2D eigenvalue weighted by Crippen LogP contribution is -2.16. The van der Waals surface area contributed by atoms with E-state index in [0.717, 1.165) is 44.4 Å². The zero-order valence-corrected chi connectivity index (χ0v) is 31.3. The van der Waals surface area contributed by atoms with E-state index in [1.807, 2.05) is 121 Å². The number of para-hydroxylation sites is 2. The van der Waals surface area contributed by atoms with Crippen LogP contribution in [0.4, 0.5) is 0 Å². The molecule has 0 saturated heterocycles. The van der Waals surface area contributed by atoms with Gasteiger partial charge in [-0.2, -0.15) is 0 Å². The van der Waals surface area contributed by atoms with Gasteiger partial charge in [0, 0.05) is 54.8 Å². The Labute approximate surface area is 334 Å². The average Bonchev–Trinajstić information content (AvgIpc) is 3.24. The van der Waals surface area contributed by atoms with Crippen molar-refractivity contribution < 1.29 is 39.3 Å². The second-order valence-corrected chi connectivity index (χ2v) is 13.9. The van der Waals surface area contributed by atoms with E-state index in [-0.39, 0.29) is 28.7 Å². The topological polar surface area (TPSA) is 212 Å². The highest BCUT2D eigenvalue weighted by Gasteiger charge is 2.25. The van der Waals surface area contributed by atoms with Gasteiger partial charge in [0.2, 0.25) is 6.29 Å². The fourth-order valence-electron chi connectivity index (χ4n) is 7.24. The maximum atomic E-state index is 12.8. The van der Waals surface area contributed by atoms with Crippen LogP contribution in [0.3, 0.4) is 0 Å². The molecule has 0 radical (unpaired) electrons. The summed E-state index contributed by atoms with van der Waals surface area (Å²) < 4.78 is 0. The Morgan fingerprint density at radius 2 is 0.881 bits per heavy atom. The maximum absolute atomic E-state index is 12.8. The summed E-state index contributed by atoms with van der Waals surface area (Å²) in [5, 5.41) is 25.7. The van der Waals surface area contributed by atoms with Gasteiger partial charge in [0.15, 0.2) is 22.4 Å². The van der Waals surface area contributed by atoms with Crippen LogP contribution >= 0.6 is 0 Å². The van der Waals surface area contributed by atoms with Crippen LogP contribution < -0.4 is 10.9 Å². The van der Waals surface area contributed by atoms with Crippen molar-refractivity contribution in [1.82, 2.24) is 9.97 Å². The van der Waals surface area contributed by atoms with E-state index in [2.05, 4.69) is 9.97 Å². The van der Waals surface area contributed by atoms with Crippen molar-refractivity contribution in [3.05, 3.63) is 186 Å². The number of aliphatic carboxylic acids is 2. The molecule has 292 valence electrons. The predicted molar refractivity (Wildman–Crippen MR) is 223 cm³/mol. The molecule has 1 unspecified atom stereocenters. The molecular formula is C47H34N2O10. The Morgan fingerprint density at radius 1 is 0.525 bits per heavy atom. The number of carboxylic acids is 2. The normalized spacial score (nSPS) is 12.6. The molecule has 2 aliphatic carbocycles. The first kappa shape index (κ1) is 39.4. The van der Waals surface area contributed by atoms with E-state index in [4.69, 9.17) is 24.9 Å². The van der Waals surface area contributed by atoms with Gasteiger partial charge in [0.05, 0.1) is 11.0 Å². The van der Waals surface area contributed by atoms with Gasteiger partial charge in [-0.05, 0) is 90.6 Å². The van der Waals surface area contributed by atoms with Gasteiger partial charge in [-0.1, -0.05) is 72.8 Å². The minimum atomic E-state index is -1.43. The van der Waals surface area contributed by atoms with Gasteiger partial charge < -0.3 is 25.3 Å². The number of H-pyrrole nitrogens is 2. The van der Waals surface area contributed by atoms with Crippen molar-refractivity contribution in [2.45, 2.75) is 25.9 Å². The Kier molecular flexibility index (Phi) is 10.9. The van der Waals surface area contributed by atoms with Crippen LogP contribution in [-0.2, 0) is 27.2 Å². The molecule has 0 amide bonds. The highest BCUT2D eigenvalue weighted by atomic mass is 16.4. The van der Waals surface area contributed by atoms with Crippen LogP contribution in [0.1, 0.15) is 61.0 Å². The number of ketones is 2. The van der Waals surface area contributed by atoms with Crippen LogP contribution in [-0.4, -0.2) is 61.2 Å². The SMILES string of the molecule is CC(O)C(=O)O.O=C1c2ccccc2Cc2cc3c(=O)c4ccccc4[nH]c3cc21.O=C1c2ccccc2Cc2cc3c(=O)c4ccccc4[nH]c3cc21.O=CC(=O)O. The number of carboxylic acid groups (broad SMARTS) is 2. The molecule has 1 atom stereocenters. The van der Waals surface area contributed by atoms with Crippen molar-refractivity contribution in [1.29, 1.82) is 0 Å². The number of aromatic amines is 2. The number of aliphatic hydroxyl groups excluding tert-OH is 1. The third kappa shape index (κ3) is 7.80. The molecule has 2 aromatic heterocycles. The fourth-order valence-corrected chi connectivity index (χ4v) is 7.24. The molecule has 6 aromatic carbocycles. The summed E-state index contributed by atoms with van der Waals surface area (Å²) in [6.45, 7) is 1.20. The van der Waals surface area contributed by atoms with Gasteiger partial charge in [0.1, 0.15) is 6.10 Å². The fraction of sp³-hybridized carbons (Fsp3) is 0.0851. The standard InChI is InChI=1S/2C21H13NO2.C3H6O3.C2H2O3/c2*23-20-14-6-2-1-5-12(14)9-13-10-17-19(11-16(13)20)22-18-8-4-3-7-15(18)21(17)24;1-2(4)3(5)6;3-1-2(4)5/h2*1-8,10-11H,9H2,(H,22,24);2,4H,1H3,(H,5,6);1H,(H,4,5). The number of hydrogen-bond acceptors (Lipinski definition) is 8. The number of carbonyl (C=O) groups is 5. The number of aromatic nitrogens is 2. The molecule has 0 saturated carbocycles. The predicted octanol–water partition coefficient (Wildman–Crippen LogP) is 6.35. The quantitative estimate of drug-likeness (QED) is 0.0744. The lowest BCUT2D eigenvalue weighted by Gasteiger charge is -2.19. The number of aldehydes is 1. The number of pyridine rings is 2. The van der Waals surface area contributed by atoms with Crippen LogP contribution in [0, 0.1) is 0 Å². The number of hydrogen-bond donors (Lipinski definition) is 5. The Hall–Kier alpha value is -7.83. The summed E-state index contributed by atoms with van der Waals surface area (Å²) in [7, 11) is 0. The maximum Gasteiger partial charge on any atom is 0.368 e.